The molecule has 1 aromatic heterocycles. The van der Waals surface area contributed by atoms with Gasteiger partial charge in [-0.05, 0) is 69.5 Å². The van der Waals surface area contributed by atoms with Gasteiger partial charge in [0, 0.05) is 24.5 Å². The number of rotatable bonds is 4. The Morgan fingerprint density at radius 3 is 2.33 bits per heavy atom. The Kier molecular flexibility index (Phi) is 4.18. The van der Waals surface area contributed by atoms with Crippen LogP contribution in [0.5, 0.6) is 0 Å². The Bertz CT molecular complexity index is 567. The van der Waals surface area contributed by atoms with Crippen LogP contribution in [0, 0.1) is 6.92 Å². The summed E-state index contributed by atoms with van der Waals surface area (Å²) >= 11 is 0. The maximum atomic E-state index is 5.67. The molecule has 0 saturated carbocycles. The van der Waals surface area contributed by atoms with Gasteiger partial charge in [-0.2, -0.15) is 0 Å². The topological polar surface area (TPSA) is 28.4 Å². The fraction of sp³-hybridized carbons (Fsp3) is 0.444. The van der Waals surface area contributed by atoms with Gasteiger partial charge in [0.15, 0.2) is 0 Å². The van der Waals surface area contributed by atoms with Gasteiger partial charge < -0.3 is 14.6 Å². The van der Waals surface area contributed by atoms with Crippen molar-refractivity contribution in [3.05, 3.63) is 47.9 Å². The summed E-state index contributed by atoms with van der Waals surface area (Å²) in [7, 11) is 0. The van der Waals surface area contributed by atoms with Gasteiger partial charge in [0.25, 0.3) is 0 Å². The third-order valence-electron chi connectivity index (χ3n) is 4.16. The first-order valence-electron chi connectivity index (χ1n) is 7.90. The van der Waals surface area contributed by atoms with E-state index in [-0.39, 0.29) is 6.04 Å². The number of nitrogens with one attached hydrogen (secondary N) is 1. The van der Waals surface area contributed by atoms with E-state index < -0.39 is 0 Å². The zero-order valence-electron chi connectivity index (χ0n) is 12.9. The minimum Gasteiger partial charge on any atom is -0.464 e. The monoisotopic (exact) mass is 284 g/mol. The van der Waals surface area contributed by atoms with Crippen LogP contribution < -0.4 is 10.2 Å². The average Bonchev–Trinajstić information content (AvgIpc) is 2.96. The van der Waals surface area contributed by atoms with Crippen molar-refractivity contribution in [2.24, 2.45) is 0 Å². The molecule has 0 spiro atoms. The van der Waals surface area contributed by atoms with E-state index in [0.29, 0.717) is 0 Å². The smallest absolute Gasteiger partial charge is 0.126 e. The lowest BCUT2D eigenvalue weighted by atomic mass is 10.1. The van der Waals surface area contributed by atoms with Crippen molar-refractivity contribution in [1.29, 1.82) is 0 Å². The SMILES string of the molecule is Cc1ccc(C(C)Nc2ccc(N3CCCCC3)cc2)o1. The van der Waals surface area contributed by atoms with Crippen molar-refractivity contribution in [2.75, 3.05) is 23.3 Å². The van der Waals surface area contributed by atoms with Gasteiger partial charge in [-0.15, -0.1) is 0 Å². The molecule has 1 N–H and O–H groups in total. The van der Waals surface area contributed by atoms with Gasteiger partial charge in [-0.25, -0.2) is 0 Å². The number of hydrogen-bond donors (Lipinski definition) is 1. The number of aryl methyl sites for hydroxylation is 1. The van der Waals surface area contributed by atoms with Crippen LogP contribution in [0.3, 0.4) is 0 Å². The Balaban J connectivity index is 1.63. The molecular weight excluding hydrogens is 260 g/mol. The van der Waals surface area contributed by atoms with Crippen molar-refractivity contribution in [1.82, 2.24) is 0 Å². The minimum atomic E-state index is 0.180. The minimum absolute atomic E-state index is 0.180. The van der Waals surface area contributed by atoms with E-state index in [9.17, 15) is 0 Å². The first-order valence-corrected chi connectivity index (χ1v) is 7.90. The van der Waals surface area contributed by atoms with Crippen LogP contribution in [-0.4, -0.2) is 13.1 Å². The van der Waals surface area contributed by atoms with Crippen molar-refractivity contribution >= 4 is 11.4 Å². The second-order valence-corrected chi connectivity index (χ2v) is 5.91. The standard InChI is InChI=1S/C18H24N2O/c1-14-6-11-18(21-14)15(2)19-16-7-9-17(10-8-16)20-12-4-3-5-13-20/h6-11,15,19H,3-5,12-13H2,1-2H3. The summed E-state index contributed by atoms with van der Waals surface area (Å²) in [5, 5.41) is 3.49. The molecule has 3 heteroatoms. The van der Waals surface area contributed by atoms with E-state index in [1.54, 1.807) is 0 Å². The highest BCUT2D eigenvalue weighted by atomic mass is 16.3. The first kappa shape index (κ1) is 14.1. The van der Waals surface area contributed by atoms with Crippen LogP contribution in [0.15, 0.2) is 40.8 Å². The predicted octanol–water partition coefficient (Wildman–Crippen LogP) is 4.75. The molecule has 0 aliphatic carbocycles. The van der Waals surface area contributed by atoms with Crippen LogP contribution in [0.25, 0.3) is 0 Å². The summed E-state index contributed by atoms with van der Waals surface area (Å²) in [4.78, 5) is 2.48. The van der Waals surface area contributed by atoms with Crippen LogP contribution in [0.4, 0.5) is 11.4 Å². The van der Waals surface area contributed by atoms with Crippen LogP contribution in [0.2, 0.25) is 0 Å². The molecule has 2 heterocycles. The largest absolute Gasteiger partial charge is 0.464 e. The lowest BCUT2D eigenvalue weighted by Crippen LogP contribution is -2.29. The molecule has 1 unspecified atom stereocenters. The summed E-state index contributed by atoms with van der Waals surface area (Å²) in [6.07, 6.45) is 4.00. The molecule has 1 aliphatic heterocycles. The Morgan fingerprint density at radius 1 is 1.00 bits per heavy atom. The van der Waals surface area contributed by atoms with Gasteiger partial charge in [0.05, 0.1) is 6.04 Å². The van der Waals surface area contributed by atoms with Gasteiger partial charge in [0.2, 0.25) is 0 Å². The van der Waals surface area contributed by atoms with E-state index in [0.717, 1.165) is 17.2 Å². The molecule has 3 nitrogen and oxygen atoms in total. The quantitative estimate of drug-likeness (QED) is 0.878. The maximum absolute atomic E-state index is 5.67. The maximum Gasteiger partial charge on any atom is 0.126 e. The van der Waals surface area contributed by atoms with Gasteiger partial charge in [-0.3, -0.25) is 0 Å². The van der Waals surface area contributed by atoms with E-state index >= 15 is 0 Å². The summed E-state index contributed by atoms with van der Waals surface area (Å²) in [5.74, 6) is 1.94. The molecular formula is C18H24N2O. The zero-order chi connectivity index (χ0) is 14.7. The average molecular weight is 284 g/mol. The number of benzene rings is 1. The number of nitrogens with zero attached hydrogens (tertiary/aromatic N) is 1. The fourth-order valence-corrected chi connectivity index (χ4v) is 2.93. The lowest BCUT2D eigenvalue weighted by Gasteiger charge is -2.29. The molecule has 1 atom stereocenters. The highest BCUT2D eigenvalue weighted by Crippen LogP contribution is 2.25. The molecule has 1 aliphatic rings. The molecule has 1 aromatic carbocycles. The van der Waals surface area contributed by atoms with Crippen molar-refractivity contribution in [3.63, 3.8) is 0 Å². The Hall–Kier alpha value is -1.90. The van der Waals surface area contributed by atoms with Crippen LogP contribution in [-0.2, 0) is 0 Å². The molecule has 0 amide bonds. The summed E-state index contributed by atoms with van der Waals surface area (Å²) in [6, 6.07) is 13.0. The summed E-state index contributed by atoms with van der Waals surface area (Å²) in [6.45, 7) is 6.48. The normalized spacial score (nSPS) is 16.8. The Morgan fingerprint density at radius 2 is 1.71 bits per heavy atom. The molecule has 2 aromatic rings. The number of piperidine rings is 1. The van der Waals surface area contributed by atoms with Gasteiger partial charge >= 0.3 is 0 Å². The zero-order valence-corrected chi connectivity index (χ0v) is 12.9. The molecule has 1 fully saturated rings. The molecule has 21 heavy (non-hydrogen) atoms. The molecule has 0 radical (unpaired) electrons. The molecule has 3 rings (SSSR count). The second-order valence-electron chi connectivity index (χ2n) is 5.91. The van der Waals surface area contributed by atoms with Crippen LogP contribution >= 0.6 is 0 Å². The third-order valence-corrected chi connectivity index (χ3v) is 4.16. The van der Waals surface area contributed by atoms with Crippen molar-refractivity contribution in [3.8, 4) is 0 Å². The fourth-order valence-electron chi connectivity index (χ4n) is 2.93. The third kappa shape index (κ3) is 3.41. The number of hydrogen-bond acceptors (Lipinski definition) is 3. The first-order chi connectivity index (χ1) is 10.2. The number of furan rings is 1. The van der Waals surface area contributed by atoms with Crippen LogP contribution in [0.1, 0.15) is 43.7 Å². The Labute approximate surface area is 127 Å². The molecule has 1 saturated heterocycles. The predicted molar refractivity (Wildman–Crippen MR) is 88.0 cm³/mol. The van der Waals surface area contributed by atoms with E-state index in [1.807, 2.05) is 19.1 Å². The van der Waals surface area contributed by atoms with Gasteiger partial charge in [0.1, 0.15) is 11.5 Å². The molecule has 0 bridgehead atoms. The van der Waals surface area contributed by atoms with Crippen molar-refractivity contribution in [2.45, 2.75) is 39.2 Å². The number of anilines is 2. The summed E-state index contributed by atoms with van der Waals surface area (Å²) in [5.41, 5.74) is 2.47. The van der Waals surface area contributed by atoms with E-state index in [4.69, 9.17) is 4.42 Å². The second kappa shape index (κ2) is 6.25. The van der Waals surface area contributed by atoms with Crippen molar-refractivity contribution < 1.29 is 4.42 Å². The van der Waals surface area contributed by atoms with E-state index in [1.165, 1.54) is 38.0 Å². The molecule has 112 valence electrons. The summed E-state index contributed by atoms with van der Waals surface area (Å²) < 4.78 is 5.67. The lowest BCUT2D eigenvalue weighted by molar-refractivity contribution is 0.467. The highest BCUT2D eigenvalue weighted by molar-refractivity contribution is 5.55. The van der Waals surface area contributed by atoms with E-state index in [2.05, 4.69) is 41.4 Å². The van der Waals surface area contributed by atoms with Gasteiger partial charge in [-0.1, -0.05) is 0 Å². The highest BCUT2D eigenvalue weighted by Gasteiger charge is 2.12.